The quantitative estimate of drug-likeness (QED) is 0.315. The van der Waals surface area contributed by atoms with Crippen molar-refractivity contribution in [2.45, 2.75) is 39.8 Å². The van der Waals surface area contributed by atoms with Crippen LogP contribution in [0.5, 0.6) is 5.75 Å². The summed E-state index contributed by atoms with van der Waals surface area (Å²) in [5, 5.41) is 3.82. The highest BCUT2D eigenvalue weighted by atomic mass is 35.5. The summed E-state index contributed by atoms with van der Waals surface area (Å²) < 4.78 is 8.03. The molecular formula is C27H28ClN3O2. The third kappa shape index (κ3) is 5.37. The molecule has 0 aliphatic heterocycles. The molecule has 1 atom stereocenters. The van der Waals surface area contributed by atoms with E-state index in [4.69, 9.17) is 21.3 Å². The van der Waals surface area contributed by atoms with Gasteiger partial charge in [0, 0.05) is 17.1 Å². The Morgan fingerprint density at radius 2 is 1.85 bits per heavy atom. The minimum absolute atomic E-state index is 0.0929. The Hall–Kier alpha value is -3.31. The van der Waals surface area contributed by atoms with Crippen LogP contribution < -0.4 is 10.1 Å². The van der Waals surface area contributed by atoms with E-state index in [2.05, 4.69) is 16.0 Å². The van der Waals surface area contributed by atoms with Crippen molar-refractivity contribution in [2.24, 2.45) is 0 Å². The molecule has 5 nitrogen and oxygen atoms in total. The lowest BCUT2D eigenvalue weighted by molar-refractivity contribution is 0.0937. The highest BCUT2D eigenvalue weighted by Crippen LogP contribution is 2.22. The summed E-state index contributed by atoms with van der Waals surface area (Å²) in [6.07, 6.45) is 0.799. The molecule has 1 unspecified atom stereocenters. The van der Waals surface area contributed by atoms with E-state index in [0.717, 1.165) is 46.7 Å². The first-order valence-electron chi connectivity index (χ1n) is 11.1. The number of halogens is 1. The fourth-order valence-electron chi connectivity index (χ4n) is 4.01. The number of ether oxygens (including phenoxy) is 1. The standard InChI is InChI=1S/C27H28ClN3O2/c1-18-9-14-23(19(2)17-18)27(32)29-20(3)26-30-24-7-4-5-8-25(24)31(26)15-6-16-33-22-12-10-21(28)11-13-22/h4-5,7-14,17,20H,6,15-16H2,1-3H3,(H,29,32). The summed E-state index contributed by atoms with van der Waals surface area (Å²) in [5.41, 5.74) is 4.75. The molecule has 0 saturated heterocycles. The molecule has 0 saturated carbocycles. The molecule has 3 aromatic carbocycles. The highest BCUT2D eigenvalue weighted by Gasteiger charge is 2.19. The highest BCUT2D eigenvalue weighted by molar-refractivity contribution is 6.30. The molecule has 1 N–H and O–H groups in total. The number of nitrogens with zero attached hydrogens (tertiary/aromatic N) is 2. The van der Waals surface area contributed by atoms with Crippen molar-refractivity contribution in [3.63, 3.8) is 0 Å². The van der Waals surface area contributed by atoms with Gasteiger partial charge in [-0.05, 0) is 75.2 Å². The Labute approximate surface area is 199 Å². The number of benzene rings is 3. The van der Waals surface area contributed by atoms with Gasteiger partial charge in [0.25, 0.3) is 5.91 Å². The predicted octanol–water partition coefficient (Wildman–Crippen LogP) is 6.27. The van der Waals surface area contributed by atoms with Crippen molar-refractivity contribution >= 4 is 28.5 Å². The van der Waals surface area contributed by atoms with E-state index in [9.17, 15) is 4.79 Å². The Bertz CT molecular complexity index is 1260. The van der Waals surface area contributed by atoms with Gasteiger partial charge in [0.15, 0.2) is 0 Å². The first-order valence-corrected chi connectivity index (χ1v) is 11.5. The number of carbonyl (C=O) groups is 1. The van der Waals surface area contributed by atoms with Gasteiger partial charge in [0.05, 0.1) is 23.7 Å². The molecule has 4 aromatic rings. The number of rotatable bonds is 8. The number of nitrogens with one attached hydrogen (secondary N) is 1. The third-order valence-corrected chi connectivity index (χ3v) is 5.91. The maximum Gasteiger partial charge on any atom is 0.252 e. The van der Waals surface area contributed by atoms with E-state index in [1.807, 2.05) is 81.4 Å². The molecule has 0 spiro atoms. The smallest absolute Gasteiger partial charge is 0.252 e. The average Bonchev–Trinajstić information content (AvgIpc) is 3.16. The van der Waals surface area contributed by atoms with E-state index in [-0.39, 0.29) is 11.9 Å². The molecule has 1 heterocycles. The Morgan fingerprint density at radius 1 is 1.09 bits per heavy atom. The van der Waals surface area contributed by atoms with Gasteiger partial charge in [-0.2, -0.15) is 0 Å². The predicted molar refractivity (Wildman–Crippen MR) is 133 cm³/mol. The first-order chi connectivity index (χ1) is 15.9. The number of carbonyl (C=O) groups excluding carboxylic acids is 1. The number of fused-ring (bicyclic) bond motifs is 1. The second-order valence-corrected chi connectivity index (χ2v) is 8.72. The van der Waals surface area contributed by atoms with Crippen LogP contribution in [0.3, 0.4) is 0 Å². The van der Waals surface area contributed by atoms with Gasteiger partial charge in [-0.25, -0.2) is 4.98 Å². The van der Waals surface area contributed by atoms with Gasteiger partial charge in [-0.15, -0.1) is 0 Å². The molecule has 0 fully saturated rings. The molecule has 6 heteroatoms. The summed E-state index contributed by atoms with van der Waals surface area (Å²) in [7, 11) is 0. The lowest BCUT2D eigenvalue weighted by Crippen LogP contribution is -2.29. The number of aromatic nitrogens is 2. The van der Waals surface area contributed by atoms with E-state index in [1.165, 1.54) is 0 Å². The van der Waals surface area contributed by atoms with Crippen molar-refractivity contribution in [3.8, 4) is 5.75 Å². The van der Waals surface area contributed by atoms with Crippen molar-refractivity contribution in [2.75, 3.05) is 6.61 Å². The van der Waals surface area contributed by atoms with Crippen LogP contribution in [0, 0.1) is 13.8 Å². The summed E-state index contributed by atoms with van der Waals surface area (Å²) >= 11 is 5.94. The lowest BCUT2D eigenvalue weighted by Gasteiger charge is -2.17. The molecule has 1 aromatic heterocycles. The van der Waals surface area contributed by atoms with Crippen LogP contribution in [0.25, 0.3) is 11.0 Å². The first kappa shape index (κ1) is 22.9. The summed E-state index contributed by atoms with van der Waals surface area (Å²) in [5.74, 6) is 1.54. The van der Waals surface area contributed by atoms with Gasteiger partial charge < -0.3 is 14.6 Å². The van der Waals surface area contributed by atoms with Crippen LogP contribution in [0.1, 0.15) is 46.7 Å². The van der Waals surface area contributed by atoms with Crippen LogP contribution in [0.15, 0.2) is 66.7 Å². The molecule has 170 valence electrons. The number of para-hydroxylation sites is 2. The van der Waals surface area contributed by atoms with Gasteiger partial charge in [0.1, 0.15) is 11.6 Å². The van der Waals surface area contributed by atoms with Gasteiger partial charge in [-0.1, -0.05) is 41.4 Å². The number of amides is 1. The maximum absolute atomic E-state index is 13.0. The van der Waals surface area contributed by atoms with Crippen LogP contribution in [0.2, 0.25) is 5.02 Å². The van der Waals surface area contributed by atoms with E-state index >= 15 is 0 Å². The van der Waals surface area contributed by atoms with Crippen molar-refractivity contribution in [1.29, 1.82) is 0 Å². The average molecular weight is 462 g/mol. The minimum atomic E-state index is -0.247. The van der Waals surface area contributed by atoms with Crippen molar-refractivity contribution < 1.29 is 9.53 Å². The molecule has 33 heavy (non-hydrogen) atoms. The van der Waals surface area contributed by atoms with Crippen LogP contribution in [0.4, 0.5) is 0 Å². The molecular weight excluding hydrogens is 434 g/mol. The molecule has 0 aliphatic carbocycles. The van der Waals surface area contributed by atoms with Gasteiger partial charge in [-0.3, -0.25) is 4.79 Å². The van der Waals surface area contributed by atoms with Crippen molar-refractivity contribution in [3.05, 3.63) is 94.3 Å². The Morgan fingerprint density at radius 3 is 2.61 bits per heavy atom. The Kier molecular flexibility index (Phi) is 6.99. The Balaban J connectivity index is 1.49. The zero-order chi connectivity index (χ0) is 23.4. The lowest BCUT2D eigenvalue weighted by atomic mass is 10.0. The van der Waals surface area contributed by atoms with Crippen LogP contribution in [-0.2, 0) is 6.54 Å². The zero-order valence-electron chi connectivity index (χ0n) is 19.1. The summed E-state index contributed by atoms with van der Waals surface area (Å²) in [6.45, 7) is 7.26. The fourth-order valence-corrected chi connectivity index (χ4v) is 4.14. The van der Waals surface area contributed by atoms with Crippen LogP contribution in [-0.4, -0.2) is 22.1 Å². The number of aryl methyl sites for hydroxylation is 3. The number of imidazole rings is 1. The topological polar surface area (TPSA) is 56.2 Å². The molecule has 0 bridgehead atoms. The third-order valence-electron chi connectivity index (χ3n) is 5.65. The summed E-state index contributed by atoms with van der Waals surface area (Å²) in [4.78, 5) is 17.8. The largest absolute Gasteiger partial charge is 0.494 e. The monoisotopic (exact) mass is 461 g/mol. The SMILES string of the molecule is Cc1ccc(C(=O)NC(C)c2nc3ccccc3n2CCCOc2ccc(Cl)cc2)c(C)c1. The molecule has 0 aliphatic rings. The molecule has 4 rings (SSSR count). The van der Waals surface area contributed by atoms with Gasteiger partial charge in [0.2, 0.25) is 0 Å². The zero-order valence-corrected chi connectivity index (χ0v) is 19.9. The normalized spacial score (nSPS) is 12.0. The fraction of sp³-hybridized carbons (Fsp3) is 0.259. The van der Waals surface area contributed by atoms with Gasteiger partial charge >= 0.3 is 0 Å². The van der Waals surface area contributed by atoms with E-state index in [1.54, 1.807) is 0 Å². The molecule has 0 radical (unpaired) electrons. The van der Waals surface area contributed by atoms with E-state index in [0.29, 0.717) is 17.2 Å². The molecule has 1 amide bonds. The maximum atomic E-state index is 13.0. The number of hydrogen-bond acceptors (Lipinski definition) is 3. The second kappa shape index (κ2) is 10.1. The van der Waals surface area contributed by atoms with Crippen LogP contribution >= 0.6 is 11.6 Å². The van der Waals surface area contributed by atoms with Crippen molar-refractivity contribution in [1.82, 2.24) is 14.9 Å². The number of hydrogen-bond donors (Lipinski definition) is 1. The minimum Gasteiger partial charge on any atom is -0.494 e. The summed E-state index contributed by atoms with van der Waals surface area (Å²) in [6, 6.07) is 21.0. The van der Waals surface area contributed by atoms with E-state index < -0.39 is 0 Å². The second-order valence-electron chi connectivity index (χ2n) is 8.28.